The molecule has 1 aromatic rings. The summed E-state index contributed by atoms with van der Waals surface area (Å²) in [6.07, 6.45) is 1.78. The van der Waals surface area contributed by atoms with Crippen LogP contribution in [0.4, 0.5) is 0 Å². The lowest BCUT2D eigenvalue weighted by Gasteiger charge is -2.26. The van der Waals surface area contributed by atoms with Gasteiger partial charge in [-0.2, -0.15) is 0 Å². The summed E-state index contributed by atoms with van der Waals surface area (Å²) in [7, 11) is 0. The minimum Gasteiger partial charge on any atom is -0.485 e. The van der Waals surface area contributed by atoms with Crippen molar-refractivity contribution in [2.75, 3.05) is 13.2 Å². The van der Waals surface area contributed by atoms with Gasteiger partial charge in [0.15, 0.2) is 11.5 Å². The topological polar surface area (TPSA) is 76.7 Å². The number of ether oxygens (including phenoxy) is 2. The summed E-state index contributed by atoms with van der Waals surface area (Å²) in [6.45, 7) is 0.818. The molecule has 2 atom stereocenters. The van der Waals surface area contributed by atoms with Crippen LogP contribution in [0.15, 0.2) is 24.3 Å². The molecule has 1 fully saturated rings. The molecule has 6 nitrogen and oxygen atoms in total. The number of hydrogen-bond acceptors (Lipinski definition) is 4. The lowest BCUT2D eigenvalue weighted by Crippen LogP contribution is -2.52. The highest BCUT2D eigenvalue weighted by atomic mass is 16.6. The predicted octanol–water partition coefficient (Wildman–Crippen LogP) is 0.611. The molecule has 2 aliphatic rings. The first-order valence-electron chi connectivity index (χ1n) is 7.20. The molecule has 0 unspecified atom stereocenters. The number of hydrogen-bond donors (Lipinski definition) is 2. The lowest BCUT2D eigenvalue weighted by molar-refractivity contribution is -0.134. The van der Waals surface area contributed by atoms with E-state index >= 15 is 0 Å². The van der Waals surface area contributed by atoms with E-state index in [1.165, 1.54) is 0 Å². The number of nitrogens with one attached hydrogen (secondary N) is 2. The van der Waals surface area contributed by atoms with Crippen molar-refractivity contribution in [3.8, 4) is 11.5 Å². The molecule has 0 spiro atoms. The number of carbonyl (C=O) groups is 2. The smallest absolute Gasteiger partial charge is 0.265 e. The molecule has 112 valence electrons. The minimum atomic E-state index is -0.726. The van der Waals surface area contributed by atoms with Gasteiger partial charge in [0.1, 0.15) is 12.6 Å². The van der Waals surface area contributed by atoms with Crippen molar-refractivity contribution < 1.29 is 19.1 Å². The molecule has 1 aromatic carbocycles. The number of amides is 2. The third-order valence-corrected chi connectivity index (χ3v) is 3.65. The van der Waals surface area contributed by atoms with Crippen molar-refractivity contribution in [3.05, 3.63) is 24.3 Å². The summed E-state index contributed by atoms with van der Waals surface area (Å²) < 4.78 is 11.1. The Hall–Kier alpha value is -2.24. The molecule has 2 heterocycles. The molecule has 0 aliphatic carbocycles. The number of fused-ring (bicyclic) bond motifs is 1. The van der Waals surface area contributed by atoms with Crippen LogP contribution in [-0.4, -0.2) is 37.1 Å². The van der Waals surface area contributed by atoms with Gasteiger partial charge in [-0.05, 0) is 31.4 Å². The van der Waals surface area contributed by atoms with E-state index < -0.39 is 12.1 Å². The Morgan fingerprint density at radius 1 is 1.24 bits per heavy atom. The second-order valence-corrected chi connectivity index (χ2v) is 5.21. The van der Waals surface area contributed by atoms with E-state index in [1.807, 2.05) is 12.1 Å². The highest BCUT2D eigenvalue weighted by Gasteiger charge is 2.31. The van der Waals surface area contributed by atoms with E-state index in [4.69, 9.17) is 9.47 Å². The molecule has 0 aromatic heterocycles. The summed E-state index contributed by atoms with van der Waals surface area (Å²) in [5.74, 6) is 0.743. The zero-order valence-electron chi connectivity index (χ0n) is 11.6. The largest absolute Gasteiger partial charge is 0.485 e. The first-order valence-corrected chi connectivity index (χ1v) is 7.20. The number of rotatable bonds is 2. The van der Waals surface area contributed by atoms with Gasteiger partial charge in [-0.15, -0.1) is 0 Å². The fraction of sp³-hybridized carbons (Fsp3) is 0.467. The Kier molecular flexibility index (Phi) is 3.94. The third kappa shape index (κ3) is 3.09. The molecule has 0 saturated carbocycles. The van der Waals surface area contributed by atoms with E-state index in [0.29, 0.717) is 24.5 Å². The Morgan fingerprint density at radius 2 is 2.05 bits per heavy atom. The number of carbonyl (C=O) groups excluding carboxylic acids is 2. The minimum absolute atomic E-state index is 0.127. The second kappa shape index (κ2) is 6.03. The van der Waals surface area contributed by atoms with Crippen molar-refractivity contribution in [2.45, 2.75) is 31.4 Å². The highest BCUT2D eigenvalue weighted by Crippen LogP contribution is 2.30. The van der Waals surface area contributed by atoms with Crippen LogP contribution in [0, 0.1) is 0 Å². The van der Waals surface area contributed by atoms with Crippen molar-refractivity contribution in [1.29, 1.82) is 0 Å². The van der Waals surface area contributed by atoms with Gasteiger partial charge in [-0.3, -0.25) is 9.59 Å². The molecular formula is C15H18N2O4. The monoisotopic (exact) mass is 290 g/mol. The first-order chi connectivity index (χ1) is 10.2. The van der Waals surface area contributed by atoms with Gasteiger partial charge in [-0.1, -0.05) is 12.1 Å². The van der Waals surface area contributed by atoms with E-state index in [9.17, 15) is 9.59 Å². The van der Waals surface area contributed by atoms with Gasteiger partial charge < -0.3 is 20.1 Å². The molecule has 3 rings (SSSR count). The van der Waals surface area contributed by atoms with Crippen LogP contribution < -0.4 is 20.1 Å². The Morgan fingerprint density at radius 3 is 2.90 bits per heavy atom. The van der Waals surface area contributed by atoms with Gasteiger partial charge in [-0.25, -0.2) is 0 Å². The average Bonchev–Trinajstić information content (AvgIpc) is 2.72. The summed E-state index contributed by atoms with van der Waals surface area (Å²) in [5.41, 5.74) is 0. The highest BCUT2D eigenvalue weighted by molar-refractivity contribution is 5.89. The maximum Gasteiger partial charge on any atom is 0.265 e. The van der Waals surface area contributed by atoms with E-state index in [2.05, 4.69) is 10.6 Å². The normalized spacial score (nSPS) is 24.7. The van der Waals surface area contributed by atoms with Gasteiger partial charge >= 0.3 is 0 Å². The second-order valence-electron chi connectivity index (χ2n) is 5.21. The Balaban J connectivity index is 1.62. The van der Waals surface area contributed by atoms with Crippen molar-refractivity contribution in [1.82, 2.24) is 10.6 Å². The van der Waals surface area contributed by atoms with Gasteiger partial charge in [0.25, 0.3) is 5.91 Å². The molecule has 2 N–H and O–H groups in total. The maximum atomic E-state index is 12.2. The fourth-order valence-corrected chi connectivity index (χ4v) is 2.49. The summed E-state index contributed by atoms with van der Waals surface area (Å²) in [5, 5.41) is 5.55. The first kappa shape index (κ1) is 13.7. The zero-order valence-corrected chi connectivity index (χ0v) is 11.6. The molecule has 21 heavy (non-hydrogen) atoms. The van der Waals surface area contributed by atoms with E-state index in [1.54, 1.807) is 12.1 Å². The van der Waals surface area contributed by atoms with Crippen LogP contribution in [0.1, 0.15) is 19.3 Å². The Bertz CT molecular complexity index is 546. The number of benzene rings is 1. The summed E-state index contributed by atoms with van der Waals surface area (Å²) >= 11 is 0. The van der Waals surface area contributed by atoms with Gasteiger partial charge in [0.2, 0.25) is 12.0 Å². The summed E-state index contributed by atoms with van der Waals surface area (Å²) in [4.78, 5) is 24.1. The van der Waals surface area contributed by atoms with Crippen LogP contribution >= 0.6 is 0 Å². The number of para-hydroxylation sites is 2. The molecule has 0 bridgehead atoms. The molecule has 2 aliphatic heterocycles. The molecule has 6 heteroatoms. The fourth-order valence-electron chi connectivity index (χ4n) is 2.49. The molecule has 0 radical (unpaired) electrons. The van der Waals surface area contributed by atoms with Crippen LogP contribution in [-0.2, 0) is 9.59 Å². The predicted molar refractivity (Wildman–Crippen MR) is 75.1 cm³/mol. The van der Waals surface area contributed by atoms with Crippen molar-refractivity contribution in [3.63, 3.8) is 0 Å². The molecule has 2 amide bonds. The Labute approximate surface area is 122 Å². The maximum absolute atomic E-state index is 12.2. The molecular weight excluding hydrogens is 272 g/mol. The standard InChI is InChI=1S/C15H18N2O4/c18-14-10(5-3-4-8-16-14)17-15(19)13-9-20-11-6-1-2-7-12(11)21-13/h1-2,6-7,10,13H,3-5,8-9H2,(H,16,18)(H,17,19)/t10-,13+/m0/s1. The van der Waals surface area contributed by atoms with Crippen LogP contribution in [0.5, 0.6) is 11.5 Å². The van der Waals surface area contributed by atoms with Crippen LogP contribution in [0.3, 0.4) is 0 Å². The van der Waals surface area contributed by atoms with Gasteiger partial charge in [0.05, 0.1) is 0 Å². The van der Waals surface area contributed by atoms with Crippen LogP contribution in [0.2, 0.25) is 0 Å². The lowest BCUT2D eigenvalue weighted by atomic mass is 10.1. The zero-order chi connectivity index (χ0) is 14.7. The van der Waals surface area contributed by atoms with E-state index in [-0.39, 0.29) is 18.4 Å². The van der Waals surface area contributed by atoms with Crippen LogP contribution in [0.25, 0.3) is 0 Å². The SMILES string of the molecule is O=C1NCCCC[C@@H]1NC(=O)[C@H]1COc2ccccc2O1. The quantitative estimate of drug-likeness (QED) is 0.837. The van der Waals surface area contributed by atoms with Crippen molar-refractivity contribution >= 4 is 11.8 Å². The van der Waals surface area contributed by atoms with Gasteiger partial charge in [0, 0.05) is 6.54 Å². The average molecular weight is 290 g/mol. The van der Waals surface area contributed by atoms with Crippen molar-refractivity contribution in [2.24, 2.45) is 0 Å². The van der Waals surface area contributed by atoms with E-state index in [0.717, 1.165) is 12.8 Å². The summed E-state index contributed by atoms with van der Waals surface area (Å²) in [6, 6.07) is 6.73. The third-order valence-electron chi connectivity index (χ3n) is 3.65. The molecule has 1 saturated heterocycles.